The fourth-order valence-corrected chi connectivity index (χ4v) is 2.17. The zero-order chi connectivity index (χ0) is 8.91. The zero-order valence-electron chi connectivity index (χ0n) is 6.99. The number of alkyl halides is 2. The van der Waals surface area contributed by atoms with Gasteiger partial charge in [0.15, 0.2) is 5.78 Å². The fraction of sp³-hybridized carbons (Fsp3) is 0.875. The Morgan fingerprint density at radius 3 is 2.00 bits per heavy atom. The second-order valence-corrected chi connectivity index (χ2v) is 3.51. The number of carbonyl (C=O) groups excluding carboxylic acids is 1. The number of Topliss-reactive ketones (excluding diaryl/α,β-unsaturated/α-hetero) is 1. The summed E-state index contributed by atoms with van der Waals surface area (Å²) in [5.74, 6) is 0.655. The Hall–Kier alpha value is 0.440. The van der Waals surface area contributed by atoms with Crippen LogP contribution in [0.1, 0.15) is 26.7 Å². The van der Waals surface area contributed by atoms with Crippen molar-refractivity contribution in [2.75, 3.05) is 11.2 Å². The number of carbonyl (C=O) groups is 1. The number of halogens is 2. The summed E-state index contributed by atoms with van der Waals surface area (Å²) < 4.78 is 0. The highest BCUT2D eigenvalue weighted by Gasteiger charge is 2.32. The summed E-state index contributed by atoms with van der Waals surface area (Å²) >= 11 is 8.92. The van der Waals surface area contributed by atoms with Gasteiger partial charge in [-0.25, -0.2) is 0 Å². The van der Waals surface area contributed by atoms with Crippen LogP contribution in [-0.4, -0.2) is 17.0 Å². The minimum atomic E-state index is -0.287. The smallest absolute Gasteiger partial charge is 0.150 e. The molecule has 0 aliphatic heterocycles. The molecule has 0 fully saturated rings. The summed E-state index contributed by atoms with van der Waals surface area (Å²) in [5, 5.41) is 0.418. The first-order valence-electron chi connectivity index (χ1n) is 3.82. The highest BCUT2D eigenvalue weighted by Crippen LogP contribution is 2.29. The fourth-order valence-electron chi connectivity index (χ4n) is 1.05. The van der Waals surface area contributed by atoms with E-state index in [-0.39, 0.29) is 11.2 Å². The minimum absolute atomic E-state index is 0.220. The van der Waals surface area contributed by atoms with E-state index in [0.29, 0.717) is 11.2 Å². The van der Waals surface area contributed by atoms with Crippen molar-refractivity contribution in [1.82, 2.24) is 0 Å². The summed E-state index contributed by atoms with van der Waals surface area (Å²) in [4.78, 5) is 11.4. The van der Waals surface area contributed by atoms with Crippen LogP contribution in [0.15, 0.2) is 0 Å². The molecule has 0 atom stereocenters. The van der Waals surface area contributed by atoms with Gasteiger partial charge in [0, 0.05) is 11.3 Å². The lowest BCUT2D eigenvalue weighted by molar-refractivity contribution is -0.125. The number of rotatable bonds is 5. The zero-order valence-corrected chi connectivity index (χ0v) is 9.33. The van der Waals surface area contributed by atoms with E-state index in [2.05, 4.69) is 15.9 Å². The van der Waals surface area contributed by atoms with Crippen molar-refractivity contribution in [3.05, 3.63) is 0 Å². The van der Waals surface area contributed by atoms with Gasteiger partial charge >= 0.3 is 0 Å². The third-order valence-electron chi connectivity index (χ3n) is 2.32. The summed E-state index contributed by atoms with van der Waals surface area (Å²) in [6, 6.07) is 0. The molecule has 0 amide bonds. The van der Waals surface area contributed by atoms with Crippen molar-refractivity contribution in [2.24, 2.45) is 5.41 Å². The Balaban J connectivity index is 4.39. The molecule has 0 bridgehead atoms. The molecule has 0 aliphatic carbocycles. The second kappa shape index (κ2) is 5.15. The maximum Gasteiger partial charge on any atom is 0.150 e. The van der Waals surface area contributed by atoms with Crippen LogP contribution in [-0.2, 0) is 4.79 Å². The Bertz CT molecular complexity index is 124. The molecule has 0 unspecified atom stereocenters. The molecule has 0 N–H and O–H groups in total. The molecule has 0 heterocycles. The first-order valence-corrected chi connectivity index (χ1v) is 5.47. The molecule has 3 heteroatoms. The van der Waals surface area contributed by atoms with Gasteiger partial charge in [-0.1, -0.05) is 29.8 Å². The number of hydrogen-bond acceptors (Lipinski definition) is 1. The van der Waals surface area contributed by atoms with Crippen LogP contribution in [0.2, 0.25) is 0 Å². The Labute approximate surface area is 81.6 Å². The lowest BCUT2D eigenvalue weighted by Crippen LogP contribution is -2.32. The van der Waals surface area contributed by atoms with Gasteiger partial charge in [0.25, 0.3) is 0 Å². The predicted octanol–water partition coefficient (Wildman–Crippen LogP) is 3.00. The maximum absolute atomic E-state index is 11.4. The van der Waals surface area contributed by atoms with Gasteiger partial charge in [-0.2, -0.15) is 0 Å². The molecular weight excluding hydrogens is 227 g/mol. The molecule has 0 aromatic carbocycles. The standard InChI is InChI=1S/C8H14BrClO/c1-3-8(4-2,6-10)7(11)5-9/h3-6H2,1-2H3. The van der Waals surface area contributed by atoms with Gasteiger partial charge in [-0.3, -0.25) is 4.79 Å². The van der Waals surface area contributed by atoms with Crippen molar-refractivity contribution in [3.63, 3.8) is 0 Å². The monoisotopic (exact) mass is 240 g/mol. The topological polar surface area (TPSA) is 17.1 Å². The van der Waals surface area contributed by atoms with Crippen LogP contribution in [0.25, 0.3) is 0 Å². The molecule has 0 aliphatic rings. The minimum Gasteiger partial charge on any atom is -0.298 e. The van der Waals surface area contributed by atoms with E-state index in [1.807, 2.05) is 13.8 Å². The van der Waals surface area contributed by atoms with Gasteiger partial charge in [-0.05, 0) is 12.8 Å². The molecule has 0 spiro atoms. The molecule has 0 radical (unpaired) electrons. The van der Waals surface area contributed by atoms with Crippen LogP contribution in [0.3, 0.4) is 0 Å². The normalized spacial score (nSPS) is 11.6. The van der Waals surface area contributed by atoms with Crippen LogP contribution < -0.4 is 0 Å². The first-order chi connectivity index (χ1) is 5.16. The summed E-state index contributed by atoms with van der Waals surface area (Å²) in [7, 11) is 0. The quantitative estimate of drug-likeness (QED) is 0.676. The molecule has 1 nitrogen and oxygen atoms in total. The Kier molecular flexibility index (Phi) is 5.36. The number of hydrogen-bond donors (Lipinski definition) is 0. The van der Waals surface area contributed by atoms with Crippen molar-refractivity contribution >= 4 is 33.3 Å². The molecule has 0 aromatic rings. The third-order valence-corrected chi connectivity index (χ3v) is 3.34. The summed E-state index contributed by atoms with van der Waals surface area (Å²) in [6.45, 7) is 4.01. The lowest BCUT2D eigenvalue weighted by atomic mass is 9.81. The van der Waals surface area contributed by atoms with Crippen LogP contribution in [0.4, 0.5) is 0 Å². The van der Waals surface area contributed by atoms with Gasteiger partial charge < -0.3 is 0 Å². The Morgan fingerprint density at radius 2 is 1.91 bits per heavy atom. The van der Waals surface area contributed by atoms with E-state index in [9.17, 15) is 4.79 Å². The van der Waals surface area contributed by atoms with Crippen molar-refractivity contribution in [2.45, 2.75) is 26.7 Å². The summed E-state index contributed by atoms with van der Waals surface area (Å²) in [6.07, 6.45) is 1.66. The van der Waals surface area contributed by atoms with Crippen LogP contribution >= 0.6 is 27.5 Å². The van der Waals surface area contributed by atoms with E-state index in [0.717, 1.165) is 12.8 Å². The molecule has 0 saturated heterocycles. The van der Waals surface area contributed by atoms with E-state index in [1.54, 1.807) is 0 Å². The van der Waals surface area contributed by atoms with Gasteiger partial charge in [0.1, 0.15) is 0 Å². The lowest BCUT2D eigenvalue weighted by Gasteiger charge is -2.26. The highest BCUT2D eigenvalue weighted by molar-refractivity contribution is 9.09. The van der Waals surface area contributed by atoms with E-state index >= 15 is 0 Å². The Morgan fingerprint density at radius 1 is 1.45 bits per heavy atom. The van der Waals surface area contributed by atoms with Crippen LogP contribution in [0, 0.1) is 5.41 Å². The third kappa shape index (κ3) is 2.45. The summed E-state index contributed by atoms with van der Waals surface area (Å²) in [5.41, 5.74) is -0.287. The van der Waals surface area contributed by atoms with Gasteiger partial charge in [-0.15, -0.1) is 11.6 Å². The van der Waals surface area contributed by atoms with E-state index in [4.69, 9.17) is 11.6 Å². The molecular formula is C8H14BrClO. The number of ketones is 1. The largest absolute Gasteiger partial charge is 0.298 e. The average molecular weight is 242 g/mol. The van der Waals surface area contributed by atoms with Gasteiger partial charge in [0.05, 0.1) is 5.33 Å². The molecule has 0 rings (SSSR count). The van der Waals surface area contributed by atoms with Crippen LogP contribution in [0.5, 0.6) is 0 Å². The van der Waals surface area contributed by atoms with E-state index in [1.165, 1.54) is 0 Å². The molecule has 11 heavy (non-hydrogen) atoms. The SMILES string of the molecule is CCC(CC)(CCl)C(=O)CBr. The highest BCUT2D eigenvalue weighted by atomic mass is 79.9. The average Bonchev–Trinajstić information content (AvgIpc) is 2.08. The molecule has 0 saturated carbocycles. The van der Waals surface area contributed by atoms with Crippen molar-refractivity contribution in [1.29, 1.82) is 0 Å². The molecule has 66 valence electrons. The first kappa shape index (κ1) is 11.4. The molecule has 0 aromatic heterocycles. The maximum atomic E-state index is 11.4. The van der Waals surface area contributed by atoms with E-state index < -0.39 is 0 Å². The van der Waals surface area contributed by atoms with Gasteiger partial charge in [0.2, 0.25) is 0 Å². The second-order valence-electron chi connectivity index (χ2n) is 2.68. The van der Waals surface area contributed by atoms with Crippen molar-refractivity contribution in [3.8, 4) is 0 Å². The predicted molar refractivity (Wildman–Crippen MR) is 52.5 cm³/mol. The van der Waals surface area contributed by atoms with Crippen molar-refractivity contribution < 1.29 is 4.79 Å².